The standard InChI is InChI=1S/C19H22FN3O4/c1-12-3-4-16(20)17(9-12)27-11-18(24)22-7-5-14(6-8-22)23-13(2)15(10-21-23)19(25)26/h3-4,9-10,14H,5-8,11H2,1-2H3,(H,25,26). The van der Waals surface area contributed by atoms with E-state index in [1.807, 2.05) is 6.92 Å². The highest BCUT2D eigenvalue weighted by molar-refractivity contribution is 5.88. The number of likely N-dealkylation sites (tertiary alicyclic amines) is 1. The van der Waals surface area contributed by atoms with Crippen LogP contribution >= 0.6 is 0 Å². The van der Waals surface area contributed by atoms with E-state index < -0.39 is 11.8 Å². The van der Waals surface area contributed by atoms with Crippen LogP contribution in [0.1, 0.15) is 40.5 Å². The van der Waals surface area contributed by atoms with Crippen LogP contribution in [0.4, 0.5) is 4.39 Å². The minimum atomic E-state index is -0.994. The number of carbonyl (C=O) groups excluding carboxylic acids is 1. The van der Waals surface area contributed by atoms with Crippen molar-refractivity contribution in [2.45, 2.75) is 32.7 Å². The number of rotatable bonds is 5. The van der Waals surface area contributed by atoms with Gasteiger partial charge in [0.2, 0.25) is 0 Å². The summed E-state index contributed by atoms with van der Waals surface area (Å²) in [7, 11) is 0. The summed E-state index contributed by atoms with van der Waals surface area (Å²) in [5, 5.41) is 13.3. The maximum absolute atomic E-state index is 13.7. The normalized spacial score (nSPS) is 15.0. The van der Waals surface area contributed by atoms with E-state index in [9.17, 15) is 14.0 Å². The molecule has 0 spiro atoms. The van der Waals surface area contributed by atoms with Gasteiger partial charge in [0.05, 0.1) is 17.9 Å². The molecule has 27 heavy (non-hydrogen) atoms. The first kappa shape index (κ1) is 18.9. The third-order valence-corrected chi connectivity index (χ3v) is 4.88. The monoisotopic (exact) mass is 375 g/mol. The molecule has 7 nitrogen and oxygen atoms in total. The van der Waals surface area contributed by atoms with Crippen molar-refractivity contribution >= 4 is 11.9 Å². The van der Waals surface area contributed by atoms with E-state index >= 15 is 0 Å². The SMILES string of the molecule is Cc1ccc(F)c(OCC(=O)N2CCC(n3ncc(C(=O)O)c3C)CC2)c1. The van der Waals surface area contributed by atoms with Crippen molar-refractivity contribution in [1.82, 2.24) is 14.7 Å². The number of halogens is 1. The molecular weight excluding hydrogens is 353 g/mol. The van der Waals surface area contributed by atoms with Crippen molar-refractivity contribution in [2.24, 2.45) is 0 Å². The number of benzene rings is 1. The van der Waals surface area contributed by atoms with Crippen molar-refractivity contribution < 1.29 is 23.8 Å². The molecule has 2 heterocycles. The maximum atomic E-state index is 13.7. The summed E-state index contributed by atoms with van der Waals surface area (Å²) in [6, 6.07) is 4.58. The van der Waals surface area contributed by atoms with Gasteiger partial charge in [0.1, 0.15) is 5.56 Å². The fraction of sp³-hybridized carbons (Fsp3) is 0.421. The minimum Gasteiger partial charge on any atom is -0.481 e. The van der Waals surface area contributed by atoms with E-state index in [1.165, 1.54) is 12.3 Å². The van der Waals surface area contributed by atoms with Gasteiger partial charge in [0, 0.05) is 13.1 Å². The number of aryl methyl sites for hydroxylation is 1. The highest BCUT2D eigenvalue weighted by Gasteiger charge is 2.26. The molecule has 0 bridgehead atoms. The molecule has 0 unspecified atom stereocenters. The molecule has 1 aromatic heterocycles. The van der Waals surface area contributed by atoms with Crippen molar-refractivity contribution in [3.8, 4) is 5.75 Å². The maximum Gasteiger partial charge on any atom is 0.339 e. The lowest BCUT2D eigenvalue weighted by molar-refractivity contribution is -0.134. The molecule has 1 aromatic carbocycles. The van der Waals surface area contributed by atoms with Gasteiger partial charge in [-0.15, -0.1) is 0 Å². The minimum absolute atomic E-state index is 0.0530. The predicted octanol–water partition coefficient (Wildman–Crippen LogP) is 2.58. The zero-order valence-electron chi connectivity index (χ0n) is 15.3. The smallest absolute Gasteiger partial charge is 0.339 e. The fourth-order valence-corrected chi connectivity index (χ4v) is 3.31. The second-order valence-corrected chi connectivity index (χ2v) is 6.73. The number of carbonyl (C=O) groups is 2. The third kappa shape index (κ3) is 4.10. The molecule has 1 aliphatic heterocycles. The van der Waals surface area contributed by atoms with Gasteiger partial charge in [-0.25, -0.2) is 9.18 Å². The molecule has 1 N–H and O–H groups in total. The van der Waals surface area contributed by atoms with Gasteiger partial charge < -0.3 is 14.7 Å². The van der Waals surface area contributed by atoms with Gasteiger partial charge in [-0.1, -0.05) is 6.07 Å². The van der Waals surface area contributed by atoms with Crippen molar-refractivity contribution in [3.05, 3.63) is 47.0 Å². The quantitative estimate of drug-likeness (QED) is 0.868. The highest BCUT2D eigenvalue weighted by Crippen LogP contribution is 2.25. The van der Waals surface area contributed by atoms with Crippen LogP contribution in [0.3, 0.4) is 0 Å². The second-order valence-electron chi connectivity index (χ2n) is 6.73. The number of nitrogens with zero attached hydrogens (tertiary/aromatic N) is 3. The largest absolute Gasteiger partial charge is 0.481 e. The van der Waals surface area contributed by atoms with Crippen LogP contribution in [0.5, 0.6) is 5.75 Å². The van der Waals surface area contributed by atoms with Gasteiger partial charge >= 0.3 is 5.97 Å². The van der Waals surface area contributed by atoms with Gasteiger partial charge in [-0.2, -0.15) is 5.10 Å². The zero-order chi connectivity index (χ0) is 19.6. The van der Waals surface area contributed by atoms with Crippen LogP contribution in [0.15, 0.2) is 24.4 Å². The molecule has 3 rings (SSSR count). The first-order valence-electron chi connectivity index (χ1n) is 8.81. The Bertz CT molecular complexity index is 857. The molecule has 2 aromatic rings. The molecule has 0 atom stereocenters. The average Bonchev–Trinajstić information content (AvgIpc) is 3.04. The number of aromatic nitrogens is 2. The first-order valence-corrected chi connectivity index (χ1v) is 8.81. The molecular formula is C19H22FN3O4. The first-order chi connectivity index (χ1) is 12.9. The van der Waals surface area contributed by atoms with Gasteiger partial charge in [0.25, 0.3) is 5.91 Å². The van der Waals surface area contributed by atoms with E-state index in [0.29, 0.717) is 31.6 Å². The Morgan fingerprint density at radius 1 is 1.30 bits per heavy atom. The summed E-state index contributed by atoms with van der Waals surface area (Å²) in [6.07, 6.45) is 2.71. The van der Waals surface area contributed by atoms with Crippen molar-refractivity contribution in [3.63, 3.8) is 0 Å². The van der Waals surface area contributed by atoms with Crippen LogP contribution in [0, 0.1) is 19.7 Å². The lowest BCUT2D eigenvalue weighted by atomic mass is 10.0. The number of aromatic carboxylic acids is 1. The number of hydrogen-bond donors (Lipinski definition) is 1. The Kier molecular flexibility index (Phi) is 5.43. The lowest BCUT2D eigenvalue weighted by Crippen LogP contribution is -2.41. The van der Waals surface area contributed by atoms with Gasteiger partial charge in [-0.3, -0.25) is 9.48 Å². The Hall–Kier alpha value is -2.90. The van der Waals surface area contributed by atoms with Gasteiger partial charge in [0.15, 0.2) is 18.2 Å². The van der Waals surface area contributed by atoms with E-state index in [0.717, 1.165) is 5.56 Å². The molecule has 0 aliphatic carbocycles. The summed E-state index contributed by atoms with van der Waals surface area (Å²) < 4.78 is 20.8. The lowest BCUT2D eigenvalue weighted by Gasteiger charge is -2.32. The van der Waals surface area contributed by atoms with E-state index in [2.05, 4.69) is 5.10 Å². The zero-order valence-corrected chi connectivity index (χ0v) is 15.3. The average molecular weight is 375 g/mol. The fourth-order valence-electron chi connectivity index (χ4n) is 3.31. The van der Waals surface area contributed by atoms with Gasteiger partial charge in [-0.05, 0) is 44.4 Å². The van der Waals surface area contributed by atoms with Crippen LogP contribution in [0.25, 0.3) is 0 Å². The Morgan fingerprint density at radius 3 is 2.63 bits per heavy atom. The van der Waals surface area contributed by atoms with Crippen LogP contribution in [0.2, 0.25) is 0 Å². The van der Waals surface area contributed by atoms with Crippen molar-refractivity contribution in [1.29, 1.82) is 0 Å². The van der Waals surface area contributed by atoms with Crippen LogP contribution in [-0.4, -0.2) is 51.4 Å². The van der Waals surface area contributed by atoms with E-state index in [1.54, 1.807) is 28.6 Å². The number of amides is 1. The molecule has 0 saturated carbocycles. The molecule has 1 aliphatic rings. The summed E-state index contributed by atoms with van der Waals surface area (Å²) >= 11 is 0. The molecule has 1 saturated heterocycles. The molecule has 0 radical (unpaired) electrons. The Balaban J connectivity index is 1.55. The topological polar surface area (TPSA) is 84.7 Å². The molecule has 144 valence electrons. The van der Waals surface area contributed by atoms with Crippen molar-refractivity contribution in [2.75, 3.05) is 19.7 Å². The molecule has 1 fully saturated rings. The summed E-state index contributed by atoms with van der Waals surface area (Å²) in [4.78, 5) is 25.2. The van der Waals surface area contributed by atoms with Crippen LogP contribution < -0.4 is 4.74 Å². The summed E-state index contributed by atoms with van der Waals surface area (Å²) in [6.45, 7) is 4.38. The highest BCUT2D eigenvalue weighted by atomic mass is 19.1. The third-order valence-electron chi connectivity index (χ3n) is 4.88. The van der Waals surface area contributed by atoms with Crippen LogP contribution in [-0.2, 0) is 4.79 Å². The Labute approximate surface area is 156 Å². The molecule has 8 heteroatoms. The van der Waals surface area contributed by atoms with E-state index in [4.69, 9.17) is 9.84 Å². The number of carboxylic acids is 1. The second kappa shape index (κ2) is 7.77. The van der Waals surface area contributed by atoms with E-state index in [-0.39, 0.29) is 29.9 Å². The molecule has 1 amide bonds. The number of ether oxygens (including phenoxy) is 1. The number of carboxylic acid groups (broad SMARTS) is 1. The Morgan fingerprint density at radius 2 is 2.00 bits per heavy atom. The number of piperidine rings is 1. The summed E-state index contributed by atoms with van der Waals surface area (Å²) in [5.41, 5.74) is 1.67. The predicted molar refractivity (Wildman–Crippen MR) is 95.4 cm³/mol. The summed E-state index contributed by atoms with van der Waals surface area (Å²) in [5.74, 6) is -1.60. The number of hydrogen-bond acceptors (Lipinski definition) is 4.